The molecule has 1 aromatic carbocycles. The molecule has 0 bridgehead atoms. The van der Waals surface area contributed by atoms with Gasteiger partial charge in [0.15, 0.2) is 0 Å². The number of hydrogen-bond donors (Lipinski definition) is 1. The molecule has 2 heterocycles. The molecule has 1 unspecified atom stereocenters. The summed E-state index contributed by atoms with van der Waals surface area (Å²) in [6.45, 7) is 3.05. The summed E-state index contributed by atoms with van der Waals surface area (Å²) in [6.07, 6.45) is 4.98. The summed E-state index contributed by atoms with van der Waals surface area (Å²) >= 11 is 0. The Hall–Kier alpha value is -2.32. The Balaban J connectivity index is 1.80. The number of carbonyl (C=O) groups excluding carboxylic acids is 1. The molecule has 1 saturated heterocycles. The minimum atomic E-state index is -3.76. The molecule has 1 aromatic heterocycles. The molecule has 0 aliphatic carbocycles. The first-order valence-corrected chi connectivity index (χ1v) is 10.3. The van der Waals surface area contributed by atoms with Crippen LogP contribution in [0.1, 0.15) is 35.7 Å². The maximum atomic E-state index is 14.2. The highest BCUT2D eigenvalue weighted by atomic mass is 32.2. The SMILES string of the molecule is CC1CCCN(S(=O)(=O)c2ccc(F)c(C(=O)NCc3cccnc3)c2)C1. The number of amides is 1. The van der Waals surface area contributed by atoms with Crippen molar-refractivity contribution < 1.29 is 17.6 Å². The number of pyridine rings is 1. The number of carbonyl (C=O) groups is 1. The molecule has 3 rings (SSSR count). The number of piperidine rings is 1. The molecule has 0 radical (unpaired) electrons. The maximum absolute atomic E-state index is 14.2. The average molecular weight is 391 g/mol. The third-order valence-electron chi connectivity index (χ3n) is 4.62. The van der Waals surface area contributed by atoms with E-state index in [2.05, 4.69) is 10.3 Å². The number of halogens is 1. The topological polar surface area (TPSA) is 79.4 Å². The average Bonchev–Trinajstić information content (AvgIpc) is 2.67. The Labute approximate surface area is 158 Å². The Bertz CT molecular complexity index is 919. The summed E-state index contributed by atoms with van der Waals surface area (Å²) in [4.78, 5) is 16.2. The van der Waals surface area contributed by atoms with E-state index in [0.717, 1.165) is 30.5 Å². The molecule has 144 valence electrons. The fourth-order valence-electron chi connectivity index (χ4n) is 3.13. The van der Waals surface area contributed by atoms with Crippen LogP contribution in [0.2, 0.25) is 0 Å². The molecule has 0 spiro atoms. The van der Waals surface area contributed by atoms with E-state index < -0.39 is 21.7 Å². The predicted molar refractivity (Wildman–Crippen MR) is 99.0 cm³/mol. The first-order valence-electron chi connectivity index (χ1n) is 8.84. The van der Waals surface area contributed by atoms with Crippen LogP contribution in [0.3, 0.4) is 0 Å². The molecule has 1 amide bonds. The highest BCUT2D eigenvalue weighted by molar-refractivity contribution is 7.89. The van der Waals surface area contributed by atoms with E-state index >= 15 is 0 Å². The van der Waals surface area contributed by atoms with Gasteiger partial charge in [0.1, 0.15) is 5.82 Å². The second-order valence-corrected chi connectivity index (χ2v) is 8.73. The molecule has 6 nitrogen and oxygen atoms in total. The number of rotatable bonds is 5. The van der Waals surface area contributed by atoms with E-state index in [1.807, 2.05) is 6.92 Å². The molecular formula is C19H22FN3O3S. The second kappa shape index (κ2) is 8.14. The van der Waals surface area contributed by atoms with E-state index in [9.17, 15) is 17.6 Å². The van der Waals surface area contributed by atoms with Gasteiger partial charge in [-0.05, 0) is 48.6 Å². The highest BCUT2D eigenvalue weighted by Crippen LogP contribution is 2.24. The molecule has 1 aliphatic heterocycles. The van der Waals surface area contributed by atoms with Crippen LogP contribution in [0.15, 0.2) is 47.6 Å². The summed E-state index contributed by atoms with van der Waals surface area (Å²) in [5.74, 6) is -1.15. The van der Waals surface area contributed by atoms with E-state index in [4.69, 9.17) is 0 Å². The lowest BCUT2D eigenvalue weighted by molar-refractivity contribution is 0.0946. The van der Waals surface area contributed by atoms with Gasteiger partial charge in [0.2, 0.25) is 10.0 Å². The van der Waals surface area contributed by atoms with E-state index in [-0.39, 0.29) is 22.9 Å². The molecule has 1 aliphatic rings. The van der Waals surface area contributed by atoms with Crippen molar-refractivity contribution in [2.24, 2.45) is 5.92 Å². The minimum absolute atomic E-state index is 0.0653. The van der Waals surface area contributed by atoms with Gasteiger partial charge in [-0.25, -0.2) is 12.8 Å². The van der Waals surface area contributed by atoms with Gasteiger partial charge in [0.25, 0.3) is 5.91 Å². The van der Waals surface area contributed by atoms with Crippen LogP contribution in [0.5, 0.6) is 0 Å². The lowest BCUT2D eigenvalue weighted by atomic mass is 10.0. The highest BCUT2D eigenvalue weighted by Gasteiger charge is 2.29. The maximum Gasteiger partial charge on any atom is 0.254 e. The fraction of sp³-hybridized carbons (Fsp3) is 0.368. The molecule has 2 aromatic rings. The van der Waals surface area contributed by atoms with Crippen LogP contribution in [-0.4, -0.2) is 36.7 Å². The number of sulfonamides is 1. The van der Waals surface area contributed by atoms with Crippen molar-refractivity contribution in [3.05, 3.63) is 59.7 Å². The quantitative estimate of drug-likeness (QED) is 0.850. The molecule has 1 N–H and O–H groups in total. The van der Waals surface area contributed by atoms with Gasteiger partial charge in [-0.1, -0.05) is 13.0 Å². The number of nitrogens with zero attached hydrogens (tertiary/aromatic N) is 2. The lowest BCUT2D eigenvalue weighted by Crippen LogP contribution is -2.39. The number of nitrogens with one attached hydrogen (secondary N) is 1. The van der Waals surface area contributed by atoms with Crippen LogP contribution >= 0.6 is 0 Å². The zero-order valence-electron chi connectivity index (χ0n) is 15.1. The number of aromatic nitrogens is 1. The minimum Gasteiger partial charge on any atom is -0.348 e. The Morgan fingerprint density at radius 2 is 2.19 bits per heavy atom. The van der Waals surface area contributed by atoms with Gasteiger partial charge in [0, 0.05) is 32.0 Å². The van der Waals surface area contributed by atoms with Crippen LogP contribution in [0, 0.1) is 11.7 Å². The first kappa shape index (κ1) is 19.4. The van der Waals surface area contributed by atoms with Gasteiger partial charge in [0.05, 0.1) is 10.5 Å². The molecule has 8 heteroatoms. The zero-order valence-corrected chi connectivity index (χ0v) is 15.9. The van der Waals surface area contributed by atoms with Crippen molar-refractivity contribution in [1.29, 1.82) is 0 Å². The fourth-order valence-corrected chi connectivity index (χ4v) is 4.76. The Kier molecular flexibility index (Phi) is 5.86. The first-order chi connectivity index (χ1) is 12.9. The Morgan fingerprint density at radius 3 is 2.89 bits per heavy atom. The predicted octanol–water partition coefficient (Wildman–Crippen LogP) is 2.57. The van der Waals surface area contributed by atoms with Crippen LogP contribution in [0.4, 0.5) is 4.39 Å². The molecular weight excluding hydrogens is 369 g/mol. The summed E-state index contributed by atoms with van der Waals surface area (Å²) in [5, 5.41) is 2.59. The summed E-state index contributed by atoms with van der Waals surface area (Å²) in [6, 6.07) is 6.86. The molecule has 0 saturated carbocycles. The summed E-state index contributed by atoms with van der Waals surface area (Å²) < 4.78 is 41.3. The third-order valence-corrected chi connectivity index (χ3v) is 6.48. The monoisotopic (exact) mass is 391 g/mol. The standard InChI is InChI=1S/C19H22FN3O3S/c1-14-4-3-9-23(13-14)27(25,26)16-6-7-18(20)17(10-16)19(24)22-12-15-5-2-8-21-11-15/h2,5-8,10-11,14H,3-4,9,12-13H2,1H3,(H,22,24). The van der Waals surface area contributed by atoms with Gasteiger partial charge in [-0.3, -0.25) is 9.78 Å². The van der Waals surface area contributed by atoms with Crippen LogP contribution in [0.25, 0.3) is 0 Å². The van der Waals surface area contributed by atoms with E-state index in [0.29, 0.717) is 13.1 Å². The van der Waals surface area contributed by atoms with Gasteiger partial charge in [-0.2, -0.15) is 4.31 Å². The van der Waals surface area contributed by atoms with Gasteiger partial charge in [-0.15, -0.1) is 0 Å². The van der Waals surface area contributed by atoms with Crippen molar-refractivity contribution in [2.75, 3.05) is 13.1 Å². The molecule has 27 heavy (non-hydrogen) atoms. The largest absolute Gasteiger partial charge is 0.348 e. The molecule has 1 atom stereocenters. The smallest absolute Gasteiger partial charge is 0.254 e. The van der Waals surface area contributed by atoms with E-state index in [1.54, 1.807) is 24.5 Å². The Morgan fingerprint density at radius 1 is 1.37 bits per heavy atom. The number of benzene rings is 1. The zero-order chi connectivity index (χ0) is 19.4. The van der Waals surface area contributed by atoms with Gasteiger partial charge < -0.3 is 5.32 Å². The number of hydrogen-bond acceptors (Lipinski definition) is 4. The van der Waals surface area contributed by atoms with Crippen molar-refractivity contribution in [1.82, 2.24) is 14.6 Å². The van der Waals surface area contributed by atoms with Crippen molar-refractivity contribution in [2.45, 2.75) is 31.2 Å². The van der Waals surface area contributed by atoms with Crippen LogP contribution < -0.4 is 5.32 Å². The second-order valence-electron chi connectivity index (χ2n) is 6.80. The lowest BCUT2D eigenvalue weighted by Gasteiger charge is -2.30. The normalized spacial score (nSPS) is 18.2. The third kappa shape index (κ3) is 4.51. The van der Waals surface area contributed by atoms with E-state index in [1.165, 1.54) is 10.4 Å². The van der Waals surface area contributed by atoms with Crippen molar-refractivity contribution in [3.8, 4) is 0 Å². The van der Waals surface area contributed by atoms with Crippen molar-refractivity contribution >= 4 is 15.9 Å². The summed E-state index contributed by atoms with van der Waals surface area (Å²) in [7, 11) is -3.76. The summed E-state index contributed by atoms with van der Waals surface area (Å²) in [5.41, 5.74) is 0.474. The molecule has 1 fully saturated rings. The van der Waals surface area contributed by atoms with Crippen LogP contribution in [-0.2, 0) is 16.6 Å². The van der Waals surface area contributed by atoms with Crippen molar-refractivity contribution in [3.63, 3.8) is 0 Å². The van der Waals surface area contributed by atoms with Gasteiger partial charge >= 0.3 is 0 Å².